The number of furan rings is 1. The molecule has 0 aromatic carbocycles. The number of ether oxygens (including phenoxy) is 1. The Morgan fingerprint density at radius 3 is 3.00 bits per heavy atom. The summed E-state index contributed by atoms with van der Waals surface area (Å²) in [6.07, 6.45) is 4.85. The predicted molar refractivity (Wildman–Crippen MR) is 45.5 cm³/mol. The van der Waals surface area contributed by atoms with Gasteiger partial charge in [-0.15, -0.1) is 0 Å². The minimum Gasteiger partial charge on any atom is -0.474 e. The lowest BCUT2D eigenvalue weighted by molar-refractivity contribution is 0.219. The second-order valence-corrected chi connectivity index (χ2v) is 2.52. The van der Waals surface area contributed by atoms with Crippen LogP contribution in [0, 0.1) is 0 Å². The zero-order chi connectivity index (χ0) is 8.39. The van der Waals surface area contributed by atoms with Gasteiger partial charge >= 0.3 is 0 Å². The van der Waals surface area contributed by atoms with Gasteiger partial charge in [-0.25, -0.2) is 0 Å². The zero-order valence-corrected chi connectivity index (χ0v) is 6.49. The van der Waals surface area contributed by atoms with E-state index in [1.807, 2.05) is 18.2 Å². The highest BCUT2D eigenvalue weighted by atomic mass is 16.5. The molecule has 3 heteroatoms. The van der Waals surface area contributed by atoms with Crippen LogP contribution in [0.25, 0.3) is 0 Å². The quantitative estimate of drug-likeness (QED) is 0.725. The van der Waals surface area contributed by atoms with Crippen molar-refractivity contribution in [2.75, 3.05) is 5.32 Å². The Bertz CT molecular complexity index is 300. The van der Waals surface area contributed by atoms with E-state index >= 15 is 0 Å². The third-order valence-corrected chi connectivity index (χ3v) is 1.63. The van der Waals surface area contributed by atoms with Gasteiger partial charge in [0.1, 0.15) is 0 Å². The van der Waals surface area contributed by atoms with Crippen LogP contribution in [0.5, 0.6) is 0 Å². The van der Waals surface area contributed by atoms with Crippen molar-refractivity contribution in [3.05, 3.63) is 42.9 Å². The van der Waals surface area contributed by atoms with Crippen molar-refractivity contribution in [3.63, 3.8) is 0 Å². The van der Waals surface area contributed by atoms with Crippen LogP contribution in [0.3, 0.4) is 0 Å². The van der Waals surface area contributed by atoms with E-state index in [9.17, 15) is 0 Å². The van der Waals surface area contributed by atoms with Crippen molar-refractivity contribution in [2.24, 2.45) is 0 Å². The lowest BCUT2D eigenvalue weighted by atomic mass is 10.3. The average molecular weight is 163 g/mol. The van der Waals surface area contributed by atoms with E-state index in [1.165, 1.54) is 0 Å². The van der Waals surface area contributed by atoms with E-state index in [1.54, 1.807) is 12.5 Å². The van der Waals surface area contributed by atoms with Crippen LogP contribution in [0.4, 0.5) is 5.88 Å². The molecule has 1 N–H and O–H groups in total. The summed E-state index contributed by atoms with van der Waals surface area (Å²) in [5, 5.41) is 3.02. The third-order valence-electron chi connectivity index (χ3n) is 1.63. The van der Waals surface area contributed by atoms with Gasteiger partial charge in [-0.05, 0) is 12.1 Å². The molecular formula is C9H9NO2. The normalized spacial score (nSPS) is 21.0. The molecular weight excluding hydrogens is 154 g/mol. The molecule has 2 heterocycles. The Hall–Kier alpha value is -1.64. The van der Waals surface area contributed by atoms with Gasteiger partial charge in [-0.1, -0.05) is 6.58 Å². The number of rotatable bonds is 2. The van der Waals surface area contributed by atoms with E-state index in [-0.39, 0.29) is 6.23 Å². The first kappa shape index (κ1) is 7.03. The summed E-state index contributed by atoms with van der Waals surface area (Å²) in [4.78, 5) is 0. The number of hydrogen-bond donors (Lipinski definition) is 1. The molecule has 0 aliphatic carbocycles. The lowest BCUT2D eigenvalue weighted by Crippen LogP contribution is -2.18. The van der Waals surface area contributed by atoms with Crippen LogP contribution in [0.1, 0.15) is 0 Å². The van der Waals surface area contributed by atoms with E-state index in [2.05, 4.69) is 11.9 Å². The highest BCUT2D eigenvalue weighted by Crippen LogP contribution is 2.17. The third kappa shape index (κ3) is 1.21. The molecule has 0 saturated carbocycles. The molecule has 0 radical (unpaired) electrons. The fourth-order valence-electron chi connectivity index (χ4n) is 0.997. The van der Waals surface area contributed by atoms with Crippen molar-refractivity contribution in [1.29, 1.82) is 0 Å². The van der Waals surface area contributed by atoms with Crippen LogP contribution in [-0.2, 0) is 4.74 Å². The van der Waals surface area contributed by atoms with E-state index in [0.29, 0.717) is 5.88 Å². The Morgan fingerprint density at radius 1 is 1.50 bits per heavy atom. The van der Waals surface area contributed by atoms with E-state index < -0.39 is 0 Å². The summed E-state index contributed by atoms with van der Waals surface area (Å²) in [7, 11) is 0. The monoisotopic (exact) mass is 163 g/mol. The van der Waals surface area contributed by atoms with Gasteiger partial charge in [-0.3, -0.25) is 0 Å². The molecule has 0 fully saturated rings. The number of hydrogen-bond acceptors (Lipinski definition) is 3. The molecule has 2 rings (SSSR count). The van der Waals surface area contributed by atoms with Crippen LogP contribution < -0.4 is 5.32 Å². The fraction of sp³-hybridized carbons (Fsp3) is 0.111. The SMILES string of the molecule is C=C1C=COC1Nc1ccco1. The molecule has 1 aliphatic heterocycles. The summed E-state index contributed by atoms with van der Waals surface area (Å²) in [5.41, 5.74) is 0.895. The summed E-state index contributed by atoms with van der Waals surface area (Å²) in [5.74, 6) is 0.685. The summed E-state index contributed by atoms with van der Waals surface area (Å²) in [6, 6.07) is 3.64. The first-order valence-electron chi connectivity index (χ1n) is 3.67. The largest absolute Gasteiger partial charge is 0.474 e. The van der Waals surface area contributed by atoms with Crippen molar-refractivity contribution in [2.45, 2.75) is 6.23 Å². The van der Waals surface area contributed by atoms with Gasteiger partial charge in [0, 0.05) is 11.6 Å². The molecule has 1 aromatic rings. The van der Waals surface area contributed by atoms with Crippen molar-refractivity contribution in [3.8, 4) is 0 Å². The van der Waals surface area contributed by atoms with Gasteiger partial charge in [0.05, 0.1) is 12.5 Å². The summed E-state index contributed by atoms with van der Waals surface area (Å²) >= 11 is 0. The van der Waals surface area contributed by atoms with Crippen LogP contribution >= 0.6 is 0 Å². The first-order chi connectivity index (χ1) is 5.86. The summed E-state index contributed by atoms with van der Waals surface area (Å²) < 4.78 is 10.3. The minimum absolute atomic E-state index is 0.184. The maximum absolute atomic E-state index is 5.19. The van der Waals surface area contributed by atoms with Gasteiger partial charge < -0.3 is 14.5 Å². The molecule has 3 nitrogen and oxygen atoms in total. The average Bonchev–Trinajstić information content (AvgIpc) is 2.65. The molecule has 1 unspecified atom stereocenters. The summed E-state index contributed by atoms with van der Waals surface area (Å²) in [6.45, 7) is 3.80. The molecule has 62 valence electrons. The van der Waals surface area contributed by atoms with E-state index in [4.69, 9.17) is 9.15 Å². The topological polar surface area (TPSA) is 34.4 Å². The maximum Gasteiger partial charge on any atom is 0.197 e. The Morgan fingerprint density at radius 2 is 2.42 bits per heavy atom. The highest BCUT2D eigenvalue weighted by molar-refractivity contribution is 5.37. The minimum atomic E-state index is -0.184. The Labute approximate surface area is 70.3 Å². The predicted octanol–water partition coefficient (Wildman–Crippen LogP) is 2.12. The number of anilines is 1. The highest BCUT2D eigenvalue weighted by Gasteiger charge is 2.15. The van der Waals surface area contributed by atoms with Gasteiger partial charge in [0.15, 0.2) is 12.1 Å². The van der Waals surface area contributed by atoms with Crippen molar-refractivity contribution in [1.82, 2.24) is 0 Å². The second-order valence-electron chi connectivity index (χ2n) is 2.52. The van der Waals surface area contributed by atoms with Gasteiger partial charge in [0.2, 0.25) is 0 Å². The Balaban J connectivity index is 2.01. The van der Waals surface area contributed by atoms with Gasteiger partial charge in [-0.2, -0.15) is 0 Å². The zero-order valence-electron chi connectivity index (χ0n) is 6.49. The smallest absolute Gasteiger partial charge is 0.197 e. The molecule has 1 atom stereocenters. The second kappa shape index (κ2) is 2.77. The van der Waals surface area contributed by atoms with Crippen LogP contribution in [-0.4, -0.2) is 6.23 Å². The van der Waals surface area contributed by atoms with Crippen LogP contribution in [0.2, 0.25) is 0 Å². The first-order valence-corrected chi connectivity index (χ1v) is 3.67. The molecule has 1 aliphatic rings. The molecule has 1 aromatic heterocycles. The molecule has 0 amide bonds. The van der Waals surface area contributed by atoms with Crippen molar-refractivity contribution >= 4 is 5.88 Å². The number of nitrogens with one attached hydrogen (secondary N) is 1. The lowest BCUT2D eigenvalue weighted by Gasteiger charge is -2.12. The van der Waals surface area contributed by atoms with Gasteiger partial charge in [0.25, 0.3) is 0 Å². The van der Waals surface area contributed by atoms with Crippen LogP contribution in [0.15, 0.2) is 47.3 Å². The Kier molecular flexibility index (Phi) is 1.63. The molecule has 12 heavy (non-hydrogen) atoms. The van der Waals surface area contributed by atoms with Crippen molar-refractivity contribution < 1.29 is 9.15 Å². The standard InChI is InChI=1S/C9H9NO2/c1-7-4-6-12-9(7)10-8-3-2-5-11-8/h2-6,9-10H,1H2. The fourth-order valence-corrected chi connectivity index (χ4v) is 0.997. The molecule has 0 spiro atoms. The van der Waals surface area contributed by atoms with E-state index in [0.717, 1.165) is 5.57 Å². The maximum atomic E-state index is 5.19. The molecule has 0 saturated heterocycles. The molecule has 0 bridgehead atoms.